The Kier molecular flexibility index (Phi) is 8.49. The molecule has 0 atom stereocenters. The number of anilines is 2. The standard InChI is InChI=1S/C21H28N4O4S/c1-6-15-14(4)30-20(19(15)21(28)29-7-2)24-18(27)12-25(5)11-17(26)23-16-10-13(3)8-9-22-16/h8-10H,6-7,11-12H2,1-5H3,(H,24,27)(H,22,23,26). The Morgan fingerprint density at radius 2 is 1.80 bits per heavy atom. The summed E-state index contributed by atoms with van der Waals surface area (Å²) in [6.45, 7) is 7.81. The monoisotopic (exact) mass is 432 g/mol. The average molecular weight is 433 g/mol. The molecule has 30 heavy (non-hydrogen) atoms. The number of aromatic nitrogens is 1. The molecule has 0 bridgehead atoms. The molecule has 2 aromatic heterocycles. The van der Waals surface area contributed by atoms with Crippen molar-refractivity contribution in [2.45, 2.75) is 34.1 Å². The lowest BCUT2D eigenvalue weighted by molar-refractivity contribution is -0.119. The highest BCUT2D eigenvalue weighted by atomic mass is 32.1. The van der Waals surface area contributed by atoms with Crippen molar-refractivity contribution in [2.24, 2.45) is 0 Å². The largest absolute Gasteiger partial charge is 0.462 e. The third-order valence-electron chi connectivity index (χ3n) is 4.31. The molecule has 0 aliphatic heterocycles. The van der Waals surface area contributed by atoms with Gasteiger partial charge in [0.15, 0.2) is 0 Å². The predicted octanol–water partition coefficient (Wildman–Crippen LogP) is 3.01. The van der Waals surface area contributed by atoms with Crippen LogP contribution < -0.4 is 10.6 Å². The van der Waals surface area contributed by atoms with Gasteiger partial charge in [-0.25, -0.2) is 9.78 Å². The number of carbonyl (C=O) groups excluding carboxylic acids is 3. The Balaban J connectivity index is 1.98. The van der Waals surface area contributed by atoms with Crippen molar-refractivity contribution in [3.8, 4) is 0 Å². The summed E-state index contributed by atoms with van der Waals surface area (Å²) in [7, 11) is 1.67. The smallest absolute Gasteiger partial charge is 0.341 e. The van der Waals surface area contributed by atoms with E-state index in [9.17, 15) is 14.4 Å². The highest BCUT2D eigenvalue weighted by Crippen LogP contribution is 2.34. The molecule has 0 saturated carbocycles. The molecule has 9 heteroatoms. The van der Waals surface area contributed by atoms with Crippen LogP contribution in [0.4, 0.5) is 10.8 Å². The van der Waals surface area contributed by atoms with Crippen LogP contribution >= 0.6 is 11.3 Å². The first-order valence-corrected chi connectivity index (χ1v) is 10.6. The van der Waals surface area contributed by atoms with E-state index in [0.29, 0.717) is 22.8 Å². The number of amides is 2. The molecule has 2 N–H and O–H groups in total. The van der Waals surface area contributed by atoms with Crippen LogP contribution in [0.25, 0.3) is 0 Å². The molecular formula is C21H28N4O4S. The number of hydrogen-bond acceptors (Lipinski definition) is 7. The minimum atomic E-state index is -0.438. The first-order chi connectivity index (χ1) is 14.2. The van der Waals surface area contributed by atoms with E-state index >= 15 is 0 Å². The van der Waals surface area contributed by atoms with E-state index < -0.39 is 5.97 Å². The van der Waals surface area contributed by atoms with Crippen molar-refractivity contribution in [1.29, 1.82) is 0 Å². The highest BCUT2D eigenvalue weighted by molar-refractivity contribution is 7.16. The molecule has 0 fully saturated rings. The number of thiophene rings is 1. The normalized spacial score (nSPS) is 10.7. The summed E-state index contributed by atoms with van der Waals surface area (Å²) in [4.78, 5) is 43.7. The Hall–Kier alpha value is -2.78. The van der Waals surface area contributed by atoms with E-state index in [1.165, 1.54) is 11.3 Å². The summed E-state index contributed by atoms with van der Waals surface area (Å²) < 4.78 is 5.15. The van der Waals surface area contributed by atoms with Gasteiger partial charge in [-0.15, -0.1) is 11.3 Å². The molecule has 2 heterocycles. The molecule has 2 rings (SSSR count). The molecule has 0 unspecified atom stereocenters. The van der Waals surface area contributed by atoms with Crippen LogP contribution in [0.2, 0.25) is 0 Å². The number of likely N-dealkylation sites (N-methyl/N-ethyl adjacent to an activating group) is 1. The van der Waals surface area contributed by atoms with E-state index in [-0.39, 0.29) is 31.5 Å². The number of nitrogens with one attached hydrogen (secondary N) is 2. The van der Waals surface area contributed by atoms with Crippen molar-refractivity contribution < 1.29 is 19.1 Å². The number of aryl methyl sites for hydroxylation is 2. The van der Waals surface area contributed by atoms with Crippen molar-refractivity contribution in [1.82, 2.24) is 9.88 Å². The van der Waals surface area contributed by atoms with E-state index in [1.807, 2.05) is 26.8 Å². The number of esters is 1. The molecule has 0 aliphatic carbocycles. The molecule has 2 amide bonds. The highest BCUT2D eigenvalue weighted by Gasteiger charge is 2.23. The van der Waals surface area contributed by atoms with Crippen molar-refractivity contribution in [3.05, 3.63) is 39.9 Å². The Morgan fingerprint density at radius 3 is 2.40 bits per heavy atom. The summed E-state index contributed by atoms with van der Waals surface area (Å²) in [5.74, 6) is -0.547. The van der Waals surface area contributed by atoms with Gasteiger partial charge in [-0.1, -0.05) is 6.92 Å². The molecule has 0 radical (unpaired) electrons. The molecule has 0 saturated heterocycles. The number of ether oxygens (including phenoxy) is 1. The van der Waals surface area contributed by atoms with Gasteiger partial charge >= 0.3 is 5.97 Å². The fraction of sp³-hybridized carbons (Fsp3) is 0.429. The summed E-state index contributed by atoms with van der Waals surface area (Å²) in [6.07, 6.45) is 2.29. The lowest BCUT2D eigenvalue weighted by Crippen LogP contribution is -2.36. The summed E-state index contributed by atoms with van der Waals surface area (Å²) in [5.41, 5.74) is 2.29. The number of carbonyl (C=O) groups is 3. The van der Waals surface area contributed by atoms with Gasteiger partial charge in [-0.2, -0.15) is 0 Å². The summed E-state index contributed by atoms with van der Waals surface area (Å²) in [6, 6.07) is 3.61. The number of rotatable bonds is 9. The van der Waals surface area contributed by atoms with Gasteiger partial charge in [0, 0.05) is 11.1 Å². The van der Waals surface area contributed by atoms with Crippen LogP contribution in [0.15, 0.2) is 18.3 Å². The van der Waals surface area contributed by atoms with Crippen LogP contribution in [0, 0.1) is 13.8 Å². The number of pyridine rings is 1. The zero-order valence-corrected chi connectivity index (χ0v) is 18.8. The summed E-state index contributed by atoms with van der Waals surface area (Å²) in [5, 5.41) is 5.99. The van der Waals surface area contributed by atoms with Gasteiger partial charge in [0.25, 0.3) is 0 Å². The first-order valence-electron chi connectivity index (χ1n) is 9.75. The Labute approximate surface area is 180 Å². The van der Waals surface area contributed by atoms with E-state index in [0.717, 1.165) is 16.0 Å². The predicted molar refractivity (Wildman–Crippen MR) is 118 cm³/mol. The van der Waals surface area contributed by atoms with Crippen molar-refractivity contribution in [3.63, 3.8) is 0 Å². The van der Waals surface area contributed by atoms with Gasteiger partial charge in [0.2, 0.25) is 11.8 Å². The van der Waals surface area contributed by atoms with Gasteiger partial charge in [-0.3, -0.25) is 14.5 Å². The average Bonchev–Trinajstić information content (AvgIpc) is 2.96. The maximum Gasteiger partial charge on any atom is 0.341 e. The molecule has 0 spiro atoms. The topological polar surface area (TPSA) is 101 Å². The van der Waals surface area contributed by atoms with Gasteiger partial charge in [0.1, 0.15) is 10.8 Å². The van der Waals surface area contributed by atoms with E-state index in [1.54, 1.807) is 31.1 Å². The molecule has 8 nitrogen and oxygen atoms in total. The third kappa shape index (κ3) is 6.36. The van der Waals surface area contributed by atoms with Crippen molar-refractivity contribution in [2.75, 3.05) is 37.4 Å². The van der Waals surface area contributed by atoms with E-state index in [2.05, 4.69) is 15.6 Å². The fourth-order valence-corrected chi connectivity index (χ4v) is 4.16. The maximum atomic E-state index is 12.5. The van der Waals surface area contributed by atoms with E-state index in [4.69, 9.17) is 4.74 Å². The van der Waals surface area contributed by atoms with Crippen LogP contribution in [-0.2, 0) is 20.7 Å². The maximum absolute atomic E-state index is 12.5. The zero-order chi connectivity index (χ0) is 22.3. The van der Waals surface area contributed by atoms with Crippen LogP contribution in [0.1, 0.15) is 40.2 Å². The lowest BCUT2D eigenvalue weighted by atomic mass is 10.1. The van der Waals surface area contributed by atoms with Gasteiger partial charge in [-0.05, 0) is 57.5 Å². The fourth-order valence-electron chi connectivity index (χ4n) is 3.01. The second-order valence-corrected chi connectivity index (χ2v) is 8.13. The van der Waals surface area contributed by atoms with Crippen LogP contribution in [0.5, 0.6) is 0 Å². The second kappa shape index (κ2) is 10.8. The molecular weight excluding hydrogens is 404 g/mol. The molecule has 0 aliphatic rings. The van der Waals surface area contributed by atoms with Crippen LogP contribution in [-0.4, -0.2) is 54.4 Å². The lowest BCUT2D eigenvalue weighted by Gasteiger charge is -2.16. The number of nitrogens with zero attached hydrogens (tertiary/aromatic N) is 2. The quantitative estimate of drug-likeness (QED) is 0.591. The first kappa shape index (κ1) is 23.5. The molecule has 2 aromatic rings. The summed E-state index contributed by atoms with van der Waals surface area (Å²) >= 11 is 1.35. The molecule has 162 valence electrons. The Morgan fingerprint density at radius 1 is 1.13 bits per heavy atom. The Bertz CT molecular complexity index is 926. The molecule has 0 aromatic carbocycles. The minimum Gasteiger partial charge on any atom is -0.462 e. The van der Waals surface area contributed by atoms with Crippen molar-refractivity contribution >= 4 is 39.9 Å². The van der Waals surface area contributed by atoms with Gasteiger partial charge in [0.05, 0.1) is 25.3 Å². The number of hydrogen-bond donors (Lipinski definition) is 2. The van der Waals surface area contributed by atoms with Crippen LogP contribution in [0.3, 0.4) is 0 Å². The second-order valence-electron chi connectivity index (χ2n) is 6.90. The SMILES string of the molecule is CCOC(=O)c1c(NC(=O)CN(C)CC(=O)Nc2cc(C)ccn2)sc(C)c1CC. The zero-order valence-electron chi connectivity index (χ0n) is 18.0. The third-order valence-corrected chi connectivity index (χ3v) is 5.37. The minimum absolute atomic E-state index is 0.00463. The van der Waals surface area contributed by atoms with Gasteiger partial charge < -0.3 is 15.4 Å².